The number of amides is 1. The molecular formula is C15H19ClN2O3. The topological polar surface area (TPSA) is 83.6 Å². The Hall–Kier alpha value is -1.75. The van der Waals surface area contributed by atoms with Crippen molar-refractivity contribution in [2.45, 2.75) is 38.1 Å². The van der Waals surface area contributed by atoms with Crippen LogP contribution in [0.4, 0.5) is 5.69 Å². The number of hydrogen-bond donors (Lipinski definition) is 2. The Morgan fingerprint density at radius 2 is 2.14 bits per heavy atom. The highest BCUT2D eigenvalue weighted by atomic mass is 35.5. The molecule has 1 heterocycles. The highest BCUT2D eigenvalue weighted by Gasteiger charge is 2.26. The van der Waals surface area contributed by atoms with Crippen molar-refractivity contribution in [2.24, 2.45) is 5.73 Å². The third-order valence-electron chi connectivity index (χ3n) is 3.85. The van der Waals surface area contributed by atoms with Gasteiger partial charge in [0.25, 0.3) is 5.91 Å². The lowest BCUT2D eigenvalue weighted by Gasteiger charge is -2.38. The summed E-state index contributed by atoms with van der Waals surface area (Å²) < 4.78 is 0. The molecule has 21 heavy (non-hydrogen) atoms. The largest absolute Gasteiger partial charge is 0.481 e. The minimum absolute atomic E-state index is 0.103. The average molecular weight is 311 g/mol. The van der Waals surface area contributed by atoms with Crippen LogP contribution >= 0.6 is 11.6 Å². The first kappa shape index (κ1) is 15.6. The van der Waals surface area contributed by atoms with Crippen molar-refractivity contribution >= 4 is 29.2 Å². The molecule has 1 fully saturated rings. The van der Waals surface area contributed by atoms with Gasteiger partial charge in [-0.05, 0) is 43.9 Å². The van der Waals surface area contributed by atoms with Crippen LogP contribution in [-0.2, 0) is 4.79 Å². The summed E-state index contributed by atoms with van der Waals surface area (Å²) >= 11 is 6.04. The smallest absolute Gasteiger partial charge is 0.303 e. The Balaban J connectivity index is 2.30. The normalized spacial score (nSPS) is 18.5. The summed E-state index contributed by atoms with van der Waals surface area (Å²) in [5.41, 5.74) is 6.58. The molecule has 0 aliphatic carbocycles. The number of rotatable bonds is 5. The van der Waals surface area contributed by atoms with Gasteiger partial charge in [0, 0.05) is 24.0 Å². The van der Waals surface area contributed by atoms with E-state index in [-0.39, 0.29) is 12.5 Å². The number of piperidine rings is 1. The van der Waals surface area contributed by atoms with Crippen LogP contribution in [-0.4, -0.2) is 29.6 Å². The molecular weight excluding hydrogens is 292 g/mol. The third kappa shape index (κ3) is 3.88. The molecule has 1 aliphatic rings. The molecule has 3 N–H and O–H groups in total. The lowest BCUT2D eigenvalue weighted by molar-refractivity contribution is -0.137. The van der Waals surface area contributed by atoms with E-state index in [2.05, 4.69) is 4.90 Å². The molecule has 6 heteroatoms. The number of aliphatic carboxylic acids is 1. The summed E-state index contributed by atoms with van der Waals surface area (Å²) in [6.07, 6.45) is 3.66. The van der Waals surface area contributed by atoms with E-state index in [4.69, 9.17) is 22.4 Å². The summed E-state index contributed by atoms with van der Waals surface area (Å²) in [4.78, 5) is 24.5. The summed E-state index contributed by atoms with van der Waals surface area (Å²) in [5.74, 6) is -1.30. The van der Waals surface area contributed by atoms with E-state index < -0.39 is 11.9 Å². The van der Waals surface area contributed by atoms with E-state index in [0.29, 0.717) is 22.7 Å². The molecule has 0 bridgehead atoms. The average Bonchev–Trinajstić information content (AvgIpc) is 2.45. The van der Waals surface area contributed by atoms with Gasteiger partial charge in [0.15, 0.2) is 0 Å². The second-order valence-electron chi connectivity index (χ2n) is 5.30. The first-order valence-corrected chi connectivity index (χ1v) is 7.44. The molecule has 1 aromatic rings. The first-order valence-electron chi connectivity index (χ1n) is 7.07. The van der Waals surface area contributed by atoms with Crippen LogP contribution < -0.4 is 10.6 Å². The van der Waals surface area contributed by atoms with Crippen LogP contribution in [0, 0.1) is 0 Å². The minimum atomic E-state index is -0.804. The Morgan fingerprint density at radius 1 is 1.38 bits per heavy atom. The van der Waals surface area contributed by atoms with Crippen LogP contribution in [0.25, 0.3) is 0 Å². The van der Waals surface area contributed by atoms with Crippen molar-refractivity contribution < 1.29 is 14.7 Å². The number of nitrogens with two attached hydrogens (primary N) is 1. The van der Waals surface area contributed by atoms with Crippen LogP contribution in [0.2, 0.25) is 5.02 Å². The number of carboxylic acid groups (broad SMARTS) is 1. The summed E-state index contributed by atoms with van der Waals surface area (Å²) in [5, 5.41) is 9.41. The van der Waals surface area contributed by atoms with Gasteiger partial charge in [0.1, 0.15) is 0 Å². The lowest BCUT2D eigenvalue weighted by Crippen LogP contribution is -2.41. The quantitative estimate of drug-likeness (QED) is 0.875. The second kappa shape index (κ2) is 6.80. The molecule has 1 unspecified atom stereocenters. The first-order chi connectivity index (χ1) is 9.99. The number of benzene rings is 1. The van der Waals surface area contributed by atoms with Crippen molar-refractivity contribution in [2.75, 3.05) is 11.4 Å². The molecule has 1 aliphatic heterocycles. The monoisotopic (exact) mass is 310 g/mol. The Bertz CT molecular complexity index is 548. The molecule has 0 radical (unpaired) electrons. The minimum Gasteiger partial charge on any atom is -0.481 e. The van der Waals surface area contributed by atoms with E-state index in [1.165, 1.54) is 0 Å². The number of primary amides is 1. The molecule has 1 saturated heterocycles. The van der Waals surface area contributed by atoms with Gasteiger partial charge in [0.05, 0.1) is 11.3 Å². The van der Waals surface area contributed by atoms with Gasteiger partial charge in [-0.25, -0.2) is 0 Å². The fourth-order valence-corrected chi connectivity index (χ4v) is 3.03. The predicted molar refractivity (Wildman–Crippen MR) is 81.8 cm³/mol. The SMILES string of the molecule is NC(=O)c1ccc(Cl)cc1N1CCCCC1CCC(=O)O. The fraction of sp³-hybridized carbons (Fsp3) is 0.467. The van der Waals surface area contributed by atoms with E-state index in [1.54, 1.807) is 18.2 Å². The van der Waals surface area contributed by atoms with Gasteiger partial charge < -0.3 is 15.7 Å². The van der Waals surface area contributed by atoms with E-state index >= 15 is 0 Å². The summed E-state index contributed by atoms with van der Waals surface area (Å²) in [7, 11) is 0. The summed E-state index contributed by atoms with van der Waals surface area (Å²) in [6, 6.07) is 5.11. The summed E-state index contributed by atoms with van der Waals surface area (Å²) in [6.45, 7) is 0.783. The third-order valence-corrected chi connectivity index (χ3v) is 4.09. The van der Waals surface area contributed by atoms with Gasteiger partial charge >= 0.3 is 5.97 Å². The number of halogens is 1. The Kier molecular flexibility index (Phi) is 5.07. The number of carboxylic acids is 1. The number of carbonyl (C=O) groups is 2. The molecule has 1 atom stereocenters. The number of carbonyl (C=O) groups excluding carboxylic acids is 1. The number of nitrogens with zero attached hydrogens (tertiary/aromatic N) is 1. The van der Waals surface area contributed by atoms with Crippen LogP contribution in [0.1, 0.15) is 42.5 Å². The predicted octanol–water partition coefficient (Wildman–Crippen LogP) is 2.66. The second-order valence-corrected chi connectivity index (χ2v) is 5.74. The molecule has 5 nitrogen and oxygen atoms in total. The van der Waals surface area contributed by atoms with Gasteiger partial charge in [-0.15, -0.1) is 0 Å². The van der Waals surface area contributed by atoms with Crippen molar-refractivity contribution in [1.82, 2.24) is 0 Å². The van der Waals surface area contributed by atoms with Gasteiger partial charge in [-0.1, -0.05) is 11.6 Å². The van der Waals surface area contributed by atoms with Crippen LogP contribution in [0.15, 0.2) is 18.2 Å². The molecule has 1 aromatic carbocycles. The number of anilines is 1. The van der Waals surface area contributed by atoms with Gasteiger partial charge in [-0.2, -0.15) is 0 Å². The van der Waals surface area contributed by atoms with Crippen LogP contribution in [0.5, 0.6) is 0 Å². The standard InChI is InChI=1S/C15H19ClN2O3/c16-10-4-6-12(15(17)21)13(9-10)18-8-2-1-3-11(18)5-7-14(19)20/h4,6,9,11H,1-3,5,7-8H2,(H2,17,21)(H,19,20). The fourth-order valence-electron chi connectivity index (χ4n) is 2.86. The molecule has 114 valence electrons. The molecule has 0 aromatic heterocycles. The van der Waals surface area contributed by atoms with E-state index in [0.717, 1.165) is 25.8 Å². The molecule has 0 saturated carbocycles. The Labute approximate surface area is 128 Å². The number of hydrogen-bond acceptors (Lipinski definition) is 3. The highest BCUT2D eigenvalue weighted by Crippen LogP contribution is 2.32. The zero-order valence-corrected chi connectivity index (χ0v) is 12.5. The molecule has 0 spiro atoms. The van der Waals surface area contributed by atoms with Crippen molar-refractivity contribution in [3.8, 4) is 0 Å². The maximum atomic E-state index is 11.6. The Morgan fingerprint density at radius 3 is 2.81 bits per heavy atom. The maximum absolute atomic E-state index is 11.6. The zero-order valence-electron chi connectivity index (χ0n) is 11.7. The van der Waals surface area contributed by atoms with Crippen molar-refractivity contribution in [3.63, 3.8) is 0 Å². The van der Waals surface area contributed by atoms with Gasteiger partial charge in [0.2, 0.25) is 0 Å². The molecule has 1 amide bonds. The maximum Gasteiger partial charge on any atom is 0.303 e. The van der Waals surface area contributed by atoms with Gasteiger partial charge in [-0.3, -0.25) is 9.59 Å². The van der Waals surface area contributed by atoms with Crippen molar-refractivity contribution in [3.05, 3.63) is 28.8 Å². The molecule has 2 rings (SSSR count). The van der Waals surface area contributed by atoms with E-state index in [1.807, 2.05) is 0 Å². The zero-order chi connectivity index (χ0) is 15.4. The lowest BCUT2D eigenvalue weighted by atomic mass is 9.96. The van der Waals surface area contributed by atoms with Crippen LogP contribution in [0.3, 0.4) is 0 Å². The van der Waals surface area contributed by atoms with E-state index in [9.17, 15) is 9.59 Å². The highest BCUT2D eigenvalue weighted by molar-refractivity contribution is 6.31. The van der Waals surface area contributed by atoms with Crippen molar-refractivity contribution in [1.29, 1.82) is 0 Å².